The summed E-state index contributed by atoms with van der Waals surface area (Å²) in [6, 6.07) is 3.18. The van der Waals surface area contributed by atoms with Crippen LogP contribution in [0.2, 0.25) is 0 Å². The normalized spacial score (nSPS) is 15.3. The van der Waals surface area contributed by atoms with Crippen molar-refractivity contribution in [2.24, 2.45) is 0 Å². The van der Waals surface area contributed by atoms with Crippen LogP contribution in [0, 0.1) is 5.82 Å². The molecule has 1 aromatic rings. The van der Waals surface area contributed by atoms with Crippen LogP contribution in [-0.4, -0.2) is 13.4 Å². The summed E-state index contributed by atoms with van der Waals surface area (Å²) in [7, 11) is 1.36. The molecule has 0 amide bonds. The Hall–Kier alpha value is -1.38. The van der Waals surface area contributed by atoms with Crippen LogP contribution in [0.15, 0.2) is 12.1 Å². The second-order valence-corrected chi connectivity index (χ2v) is 3.52. The van der Waals surface area contributed by atoms with E-state index in [1.807, 2.05) is 0 Å². The molecule has 1 aromatic carbocycles. The summed E-state index contributed by atoms with van der Waals surface area (Å²) in [6.07, 6.45) is 2.81. The molecule has 0 saturated heterocycles. The van der Waals surface area contributed by atoms with Gasteiger partial charge in [0.05, 0.1) is 12.7 Å². The zero-order chi connectivity index (χ0) is 10.1. The smallest absolute Gasteiger partial charge is 0.166 e. The van der Waals surface area contributed by atoms with Crippen LogP contribution in [0.3, 0.4) is 0 Å². The van der Waals surface area contributed by atoms with E-state index in [-0.39, 0.29) is 5.75 Å². The average molecular weight is 194 g/mol. The molecule has 0 unspecified atom stereocenters. The van der Waals surface area contributed by atoms with E-state index >= 15 is 0 Å². The summed E-state index contributed by atoms with van der Waals surface area (Å²) in [5.74, 6) is 0.0394. The van der Waals surface area contributed by atoms with E-state index < -0.39 is 5.82 Å². The number of benzene rings is 1. The Kier molecular flexibility index (Phi) is 2.23. The molecule has 0 aliphatic heterocycles. The number of hydrogen-bond acceptors (Lipinski definition) is 2. The zero-order valence-corrected chi connectivity index (χ0v) is 7.92. The largest absolute Gasteiger partial charge is 0.493 e. The third kappa shape index (κ3) is 1.50. The van der Waals surface area contributed by atoms with E-state index in [1.165, 1.54) is 13.2 Å². The minimum absolute atomic E-state index is 0.0457. The SMILES string of the molecule is COc1c(F)cc(C2CC2)cc1C=O. The highest BCUT2D eigenvalue weighted by atomic mass is 19.1. The predicted octanol–water partition coefficient (Wildman–Crippen LogP) is 2.52. The Balaban J connectivity index is 2.48. The molecule has 0 spiro atoms. The molecular formula is C11H11FO2. The minimum atomic E-state index is -0.445. The monoisotopic (exact) mass is 194 g/mol. The van der Waals surface area contributed by atoms with Crippen molar-refractivity contribution in [2.75, 3.05) is 7.11 Å². The van der Waals surface area contributed by atoms with Gasteiger partial charge in [-0.15, -0.1) is 0 Å². The van der Waals surface area contributed by atoms with E-state index in [0.717, 1.165) is 18.4 Å². The first-order valence-electron chi connectivity index (χ1n) is 4.59. The maximum atomic E-state index is 13.4. The van der Waals surface area contributed by atoms with Gasteiger partial charge >= 0.3 is 0 Å². The van der Waals surface area contributed by atoms with Crippen molar-refractivity contribution in [3.05, 3.63) is 29.1 Å². The summed E-state index contributed by atoms with van der Waals surface area (Å²) in [4.78, 5) is 10.7. The highest BCUT2D eigenvalue weighted by Gasteiger charge is 2.25. The fourth-order valence-electron chi connectivity index (χ4n) is 1.59. The molecule has 14 heavy (non-hydrogen) atoms. The number of methoxy groups -OCH3 is 1. The molecule has 0 heterocycles. The molecule has 1 saturated carbocycles. The van der Waals surface area contributed by atoms with Crippen LogP contribution >= 0.6 is 0 Å². The lowest BCUT2D eigenvalue weighted by molar-refractivity contribution is 0.111. The Morgan fingerprint density at radius 1 is 1.50 bits per heavy atom. The number of rotatable bonds is 3. The number of halogens is 1. The lowest BCUT2D eigenvalue weighted by atomic mass is 10.1. The van der Waals surface area contributed by atoms with Crippen molar-refractivity contribution >= 4 is 6.29 Å². The molecule has 3 heteroatoms. The number of carbonyl (C=O) groups excluding carboxylic acids is 1. The van der Waals surface area contributed by atoms with E-state index in [1.54, 1.807) is 6.07 Å². The fourth-order valence-corrected chi connectivity index (χ4v) is 1.59. The summed E-state index contributed by atoms with van der Waals surface area (Å²) < 4.78 is 18.2. The first-order chi connectivity index (χ1) is 6.76. The van der Waals surface area contributed by atoms with Crippen LogP contribution in [0.25, 0.3) is 0 Å². The van der Waals surface area contributed by atoms with Crippen LogP contribution in [-0.2, 0) is 0 Å². The van der Waals surface area contributed by atoms with Gasteiger partial charge in [-0.05, 0) is 36.5 Å². The molecule has 1 aliphatic carbocycles. The topological polar surface area (TPSA) is 26.3 Å². The Morgan fingerprint density at radius 3 is 2.71 bits per heavy atom. The number of ether oxygens (including phenoxy) is 1. The Labute approximate surface area is 81.7 Å². The van der Waals surface area contributed by atoms with Gasteiger partial charge in [0.1, 0.15) is 0 Å². The van der Waals surface area contributed by atoms with Crippen molar-refractivity contribution in [3.63, 3.8) is 0 Å². The fraction of sp³-hybridized carbons (Fsp3) is 0.364. The lowest BCUT2D eigenvalue weighted by Gasteiger charge is -2.07. The van der Waals surface area contributed by atoms with Crippen LogP contribution in [0.1, 0.15) is 34.7 Å². The van der Waals surface area contributed by atoms with Gasteiger partial charge in [-0.25, -0.2) is 4.39 Å². The van der Waals surface area contributed by atoms with Crippen molar-refractivity contribution in [2.45, 2.75) is 18.8 Å². The molecule has 1 aliphatic rings. The third-order valence-corrected chi connectivity index (χ3v) is 2.47. The quantitative estimate of drug-likeness (QED) is 0.691. The van der Waals surface area contributed by atoms with E-state index in [0.29, 0.717) is 17.8 Å². The van der Waals surface area contributed by atoms with Crippen molar-refractivity contribution in [1.29, 1.82) is 0 Å². The number of hydrogen-bond donors (Lipinski definition) is 0. The number of aldehydes is 1. The first-order valence-corrected chi connectivity index (χ1v) is 4.59. The number of carbonyl (C=O) groups is 1. The van der Waals surface area contributed by atoms with E-state index in [9.17, 15) is 9.18 Å². The van der Waals surface area contributed by atoms with Gasteiger partial charge in [-0.1, -0.05) is 0 Å². The zero-order valence-electron chi connectivity index (χ0n) is 7.92. The molecule has 1 fully saturated rings. The average Bonchev–Trinajstić information content (AvgIpc) is 2.99. The van der Waals surface area contributed by atoms with Gasteiger partial charge in [0, 0.05) is 0 Å². The van der Waals surface area contributed by atoms with Gasteiger partial charge in [0.2, 0.25) is 0 Å². The summed E-state index contributed by atoms with van der Waals surface area (Å²) >= 11 is 0. The molecule has 0 radical (unpaired) electrons. The van der Waals surface area contributed by atoms with Gasteiger partial charge in [0.15, 0.2) is 17.9 Å². The van der Waals surface area contributed by atoms with Crippen LogP contribution in [0.5, 0.6) is 5.75 Å². The first kappa shape index (κ1) is 9.19. The standard InChI is InChI=1S/C11H11FO2/c1-14-11-9(6-13)4-8(5-10(11)12)7-2-3-7/h4-7H,2-3H2,1H3. The minimum Gasteiger partial charge on any atom is -0.493 e. The maximum Gasteiger partial charge on any atom is 0.166 e. The lowest BCUT2D eigenvalue weighted by Crippen LogP contribution is -1.96. The second-order valence-electron chi connectivity index (χ2n) is 3.52. The molecule has 2 rings (SSSR count). The molecule has 74 valence electrons. The van der Waals surface area contributed by atoms with Crippen molar-refractivity contribution < 1.29 is 13.9 Å². The summed E-state index contributed by atoms with van der Waals surface area (Å²) in [6.45, 7) is 0. The van der Waals surface area contributed by atoms with Crippen molar-refractivity contribution in [3.8, 4) is 5.75 Å². The predicted molar refractivity (Wildman–Crippen MR) is 50.3 cm³/mol. The van der Waals surface area contributed by atoms with E-state index in [4.69, 9.17) is 4.74 Å². The van der Waals surface area contributed by atoms with Gasteiger partial charge < -0.3 is 4.74 Å². The molecule has 0 atom stereocenters. The molecule has 2 nitrogen and oxygen atoms in total. The highest BCUT2D eigenvalue weighted by molar-refractivity contribution is 5.80. The highest BCUT2D eigenvalue weighted by Crippen LogP contribution is 2.41. The Bertz CT molecular complexity index is 370. The molecule has 0 bridgehead atoms. The Morgan fingerprint density at radius 2 is 2.21 bits per heavy atom. The third-order valence-electron chi connectivity index (χ3n) is 2.47. The summed E-state index contributed by atoms with van der Waals surface area (Å²) in [5.41, 5.74) is 1.21. The van der Waals surface area contributed by atoms with Crippen LogP contribution in [0.4, 0.5) is 4.39 Å². The molecule has 0 aromatic heterocycles. The van der Waals surface area contributed by atoms with E-state index in [2.05, 4.69) is 0 Å². The summed E-state index contributed by atoms with van der Waals surface area (Å²) in [5, 5.41) is 0. The molecular weight excluding hydrogens is 183 g/mol. The maximum absolute atomic E-state index is 13.4. The van der Waals surface area contributed by atoms with Gasteiger partial charge in [-0.3, -0.25) is 4.79 Å². The molecule has 0 N–H and O–H groups in total. The van der Waals surface area contributed by atoms with Crippen molar-refractivity contribution in [1.82, 2.24) is 0 Å². The van der Waals surface area contributed by atoms with Gasteiger partial charge in [0.25, 0.3) is 0 Å². The van der Waals surface area contributed by atoms with Crippen LogP contribution < -0.4 is 4.74 Å². The van der Waals surface area contributed by atoms with Gasteiger partial charge in [-0.2, -0.15) is 0 Å². The second kappa shape index (κ2) is 3.40.